The Balaban J connectivity index is 2.64. The lowest BCUT2D eigenvalue weighted by Crippen LogP contribution is -2.35. The van der Waals surface area contributed by atoms with E-state index in [1.54, 1.807) is 4.90 Å². The molecule has 0 aliphatic heterocycles. The van der Waals surface area contributed by atoms with E-state index in [1.807, 2.05) is 39.0 Å². The molecule has 0 saturated carbocycles. The van der Waals surface area contributed by atoms with Crippen molar-refractivity contribution in [2.45, 2.75) is 20.8 Å². The van der Waals surface area contributed by atoms with Gasteiger partial charge in [0, 0.05) is 13.1 Å². The van der Waals surface area contributed by atoms with E-state index < -0.39 is 0 Å². The Hall–Kier alpha value is -1.22. The highest BCUT2D eigenvalue weighted by atomic mass is 35.5. The fourth-order valence-corrected chi connectivity index (χ4v) is 2.00. The lowest BCUT2D eigenvalue weighted by atomic mass is 10.2. The molecule has 0 aliphatic rings. The topological polar surface area (TPSA) is 32.3 Å². The standard InChI is InChI=1S/C13H19ClN2O/c1-4-16(5-2)12(17)9-15-13-10(3)7-6-8-11(13)14/h6-8,15H,4-5,9H2,1-3H3. The maximum Gasteiger partial charge on any atom is 0.241 e. The van der Waals surface area contributed by atoms with Crippen molar-refractivity contribution in [3.63, 3.8) is 0 Å². The van der Waals surface area contributed by atoms with Crippen LogP contribution < -0.4 is 5.32 Å². The van der Waals surface area contributed by atoms with Crippen molar-refractivity contribution < 1.29 is 4.79 Å². The molecule has 0 saturated heterocycles. The lowest BCUT2D eigenvalue weighted by molar-refractivity contribution is -0.128. The summed E-state index contributed by atoms with van der Waals surface area (Å²) in [5, 5.41) is 3.76. The first-order valence-electron chi connectivity index (χ1n) is 5.86. The number of nitrogens with one attached hydrogen (secondary N) is 1. The van der Waals surface area contributed by atoms with Gasteiger partial charge in [-0.1, -0.05) is 23.7 Å². The zero-order valence-corrected chi connectivity index (χ0v) is 11.3. The number of carbonyl (C=O) groups is 1. The maximum absolute atomic E-state index is 11.8. The van der Waals surface area contributed by atoms with Crippen LogP contribution in [0.4, 0.5) is 5.69 Å². The van der Waals surface area contributed by atoms with Gasteiger partial charge in [-0.2, -0.15) is 0 Å². The molecule has 0 fully saturated rings. The first-order valence-corrected chi connectivity index (χ1v) is 6.24. The third-order valence-electron chi connectivity index (χ3n) is 2.75. The van der Waals surface area contributed by atoms with Crippen LogP contribution in [0.1, 0.15) is 19.4 Å². The number of rotatable bonds is 5. The number of halogens is 1. The van der Waals surface area contributed by atoms with Crippen LogP contribution in [-0.2, 0) is 4.79 Å². The summed E-state index contributed by atoms with van der Waals surface area (Å²) in [4.78, 5) is 13.6. The molecule has 0 spiro atoms. The minimum atomic E-state index is 0.0920. The molecule has 0 heterocycles. The first-order chi connectivity index (χ1) is 8.10. The zero-order chi connectivity index (χ0) is 12.8. The van der Waals surface area contributed by atoms with Crippen LogP contribution in [0, 0.1) is 6.92 Å². The van der Waals surface area contributed by atoms with E-state index >= 15 is 0 Å². The minimum Gasteiger partial charge on any atom is -0.375 e. The fraction of sp³-hybridized carbons (Fsp3) is 0.462. The number of likely N-dealkylation sites (N-methyl/N-ethyl adjacent to an activating group) is 1. The molecule has 1 N–H and O–H groups in total. The van der Waals surface area contributed by atoms with Gasteiger partial charge in [0.05, 0.1) is 17.3 Å². The number of amides is 1. The Morgan fingerprint density at radius 3 is 2.53 bits per heavy atom. The summed E-state index contributed by atoms with van der Waals surface area (Å²) in [5.74, 6) is 0.0920. The molecule has 0 atom stereocenters. The first kappa shape index (κ1) is 13.8. The Morgan fingerprint density at radius 1 is 1.35 bits per heavy atom. The molecule has 1 aromatic carbocycles. The Bertz CT molecular complexity index is 369. The highest BCUT2D eigenvalue weighted by Crippen LogP contribution is 2.24. The van der Waals surface area contributed by atoms with Crippen LogP contribution in [0.25, 0.3) is 0 Å². The summed E-state index contributed by atoms with van der Waals surface area (Å²) >= 11 is 6.07. The molecule has 1 aromatic rings. The minimum absolute atomic E-state index is 0.0920. The van der Waals surface area contributed by atoms with Crippen LogP contribution in [0.5, 0.6) is 0 Å². The average molecular weight is 255 g/mol. The molecule has 94 valence electrons. The molecule has 0 bridgehead atoms. The van der Waals surface area contributed by atoms with Crippen LogP contribution in [0.15, 0.2) is 18.2 Å². The summed E-state index contributed by atoms with van der Waals surface area (Å²) < 4.78 is 0. The lowest BCUT2D eigenvalue weighted by Gasteiger charge is -2.19. The molecule has 3 nitrogen and oxygen atoms in total. The molecule has 0 aromatic heterocycles. The Morgan fingerprint density at radius 2 is 2.00 bits per heavy atom. The van der Waals surface area contributed by atoms with Crippen molar-refractivity contribution in [3.8, 4) is 0 Å². The van der Waals surface area contributed by atoms with Gasteiger partial charge in [-0.15, -0.1) is 0 Å². The predicted molar refractivity (Wildman–Crippen MR) is 72.6 cm³/mol. The summed E-state index contributed by atoms with van der Waals surface area (Å²) in [7, 11) is 0. The molecular weight excluding hydrogens is 236 g/mol. The average Bonchev–Trinajstić information content (AvgIpc) is 2.30. The zero-order valence-electron chi connectivity index (χ0n) is 10.6. The van der Waals surface area contributed by atoms with Crippen molar-refractivity contribution in [2.24, 2.45) is 0 Å². The second-order valence-corrected chi connectivity index (χ2v) is 4.26. The van der Waals surface area contributed by atoms with Crippen molar-refractivity contribution >= 4 is 23.2 Å². The highest BCUT2D eigenvalue weighted by molar-refractivity contribution is 6.33. The van der Waals surface area contributed by atoms with Gasteiger partial charge >= 0.3 is 0 Å². The number of nitrogens with zero attached hydrogens (tertiary/aromatic N) is 1. The molecule has 1 rings (SSSR count). The SMILES string of the molecule is CCN(CC)C(=O)CNc1c(C)cccc1Cl. The number of aryl methyl sites for hydroxylation is 1. The quantitative estimate of drug-likeness (QED) is 0.876. The molecule has 0 radical (unpaired) electrons. The number of hydrogen-bond acceptors (Lipinski definition) is 2. The maximum atomic E-state index is 11.8. The summed E-state index contributed by atoms with van der Waals surface area (Å²) in [6, 6.07) is 5.68. The highest BCUT2D eigenvalue weighted by Gasteiger charge is 2.10. The van der Waals surface area contributed by atoms with Gasteiger partial charge in [-0.25, -0.2) is 0 Å². The molecular formula is C13H19ClN2O. The molecule has 17 heavy (non-hydrogen) atoms. The van der Waals surface area contributed by atoms with Crippen LogP contribution in [0.3, 0.4) is 0 Å². The number of anilines is 1. The van der Waals surface area contributed by atoms with E-state index in [0.29, 0.717) is 5.02 Å². The van der Waals surface area contributed by atoms with Gasteiger partial charge in [0.15, 0.2) is 0 Å². The van der Waals surface area contributed by atoms with Gasteiger partial charge in [0.25, 0.3) is 0 Å². The summed E-state index contributed by atoms with van der Waals surface area (Å²) in [6.07, 6.45) is 0. The van der Waals surface area contributed by atoms with Crippen molar-refractivity contribution in [3.05, 3.63) is 28.8 Å². The normalized spacial score (nSPS) is 10.1. The number of carbonyl (C=O) groups excluding carboxylic acids is 1. The van der Waals surface area contributed by atoms with Gasteiger partial charge in [-0.05, 0) is 32.4 Å². The second kappa shape index (κ2) is 6.50. The van der Waals surface area contributed by atoms with Gasteiger partial charge in [-0.3, -0.25) is 4.79 Å². The fourth-order valence-electron chi connectivity index (χ4n) is 1.71. The molecule has 4 heteroatoms. The van der Waals surface area contributed by atoms with Crippen molar-refractivity contribution in [1.29, 1.82) is 0 Å². The largest absolute Gasteiger partial charge is 0.375 e. The van der Waals surface area contributed by atoms with E-state index in [0.717, 1.165) is 24.3 Å². The molecule has 0 aliphatic carbocycles. The Labute approximate surface area is 108 Å². The van der Waals surface area contributed by atoms with E-state index in [2.05, 4.69) is 5.32 Å². The van der Waals surface area contributed by atoms with Gasteiger partial charge in [0.1, 0.15) is 0 Å². The van der Waals surface area contributed by atoms with Crippen LogP contribution in [0.2, 0.25) is 5.02 Å². The third kappa shape index (κ3) is 3.63. The predicted octanol–water partition coefficient (Wildman–Crippen LogP) is 2.93. The van der Waals surface area contributed by atoms with E-state index in [-0.39, 0.29) is 12.5 Å². The monoisotopic (exact) mass is 254 g/mol. The van der Waals surface area contributed by atoms with E-state index in [9.17, 15) is 4.79 Å². The van der Waals surface area contributed by atoms with Gasteiger partial charge in [0.2, 0.25) is 5.91 Å². The van der Waals surface area contributed by atoms with E-state index in [1.165, 1.54) is 0 Å². The van der Waals surface area contributed by atoms with Gasteiger partial charge < -0.3 is 10.2 Å². The van der Waals surface area contributed by atoms with Crippen molar-refractivity contribution in [2.75, 3.05) is 25.0 Å². The van der Waals surface area contributed by atoms with E-state index in [4.69, 9.17) is 11.6 Å². The smallest absolute Gasteiger partial charge is 0.241 e. The number of hydrogen-bond donors (Lipinski definition) is 1. The Kier molecular flexibility index (Phi) is 5.29. The molecule has 0 unspecified atom stereocenters. The molecule has 1 amide bonds. The second-order valence-electron chi connectivity index (χ2n) is 3.85. The third-order valence-corrected chi connectivity index (χ3v) is 3.07. The van der Waals surface area contributed by atoms with Crippen molar-refractivity contribution in [1.82, 2.24) is 4.90 Å². The number of para-hydroxylation sites is 1. The summed E-state index contributed by atoms with van der Waals surface area (Å²) in [6.45, 7) is 7.67. The van der Waals surface area contributed by atoms with Crippen LogP contribution in [-0.4, -0.2) is 30.4 Å². The van der Waals surface area contributed by atoms with Crippen LogP contribution >= 0.6 is 11.6 Å². The summed E-state index contributed by atoms with van der Waals surface area (Å²) in [5.41, 5.74) is 1.89. The number of benzene rings is 1.